The SMILES string of the molecule is CC(C)CC(F)(F)CC(F)(F)F. The molecule has 0 unspecified atom stereocenters. The normalized spacial score (nSPS) is 14.0. The van der Waals surface area contributed by atoms with Crippen LogP contribution in [0.2, 0.25) is 0 Å². The van der Waals surface area contributed by atoms with Crippen molar-refractivity contribution in [2.75, 3.05) is 0 Å². The molecule has 0 aromatic heterocycles. The fourth-order valence-electron chi connectivity index (χ4n) is 0.963. The summed E-state index contributed by atoms with van der Waals surface area (Å²) in [4.78, 5) is 0. The minimum Gasteiger partial charge on any atom is -0.207 e. The molecule has 0 spiro atoms. The van der Waals surface area contributed by atoms with E-state index in [1.165, 1.54) is 13.8 Å². The van der Waals surface area contributed by atoms with E-state index in [1.54, 1.807) is 0 Å². The molecule has 0 fully saturated rings. The van der Waals surface area contributed by atoms with E-state index in [2.05, 4.69) is 0 Å². The molecule has 0 aromatic rings. The fourth-order valence-corrected chi connectivity index (χ4v) is 0.963. The molecule has 0 aliphatic heterocycles. The summed E-state index contributed by atoms with van der Waals surface area (Å²) < 4.78 is 59.5. The van der Waals surface area contributed by atoms with Gasteiger partial charge in [0.05, 0.1) is 0 Å². The topological polar surface area (TPSA) is 0 Å². The third kappa shape index (κ3) is 6.37. The van der Waals surface area contributed by atoms with Gasteiger partial charge in [0.25, 0.3) is 5.92 Å². The minimum absolute atomic E-state index is 0.428. The number of hydrogen-bond acceptors (Lipinski definition) is 0. The van der Waals surface area contributed by atoms with E-state index in [1.807, 2.05) is 0 Å². The van der Waals surface area contributed by atoms with Gasteiger partial charge in [-0.25, -0.2) is 8.78 Å². The predicted octanol–water partition coefficient (Wildman–Crippen LogP) is 3.62. The Bertz CT molecular complexity index is 135. The summed E-state index contributed by atoms with van der Waals surface area (Å²) in [5.41, 5.74) is 0. The number of rotatable bonds is 3. The van der Waals surface area contributed by atoms with Gasteiger partial charge in [-0.2, -0.15) is 13.2 Å². The molecular formula is C7H11F5. The van der Waals surface area contributed by atoms with Crippen LogP contribution in [0.3, 0.4) is 0 Å². The highest BCUT2D eigenvalue weighted by Gasteiger charge is 2.43. The van der Waals surface area contributed by atoms with Gasteiger partial charge in [-0.15, -0.1) is 0 Å². The summed E-state index contributed by atoms with van der Waals surface area (Å²) >= 11 is 0. The van der Waals surface area contributed by atoms with Gasteiger partial charge in [-0.3, -0.25) is 0 Å². The smallest absolute Gasteiger partial charge is 0.207 e. The summed E-state index contributed by atoms with van der Waals surface area (Å²) in [5.74, 6) is -4.05. The lowest BCUT2D eigenvalue weighted by atomic mass is 10.0. The maximum atomic E-state index is 12.5. The first-order chi connectivity index (χ1) is 5.12. The largest absolute Gasteiger partial charge is 0.394 e. The summed E-state index contributed by atoms with van der Waals surface area (Å²) in [6, 6.07) is 0. The lowest BCUT2D eigenvalue weighted by molar-refractivity contribution is -0.191. The predicted molar refractivity (Wildman–Crippen MR) is 35.1 cm³/mol. The van der Waals surface area contributed by atoms with E-state index in [0.717, 1.165) is 0 Å². The van der Waals surface area contributed by atoms with Gasteiger partial charge < -0.3 is 0 Å². The van der Waals surface area contributed by atoms with E-state index >= 15 is 0 Å². The summed E-state index contributed by atoms with van der Waals surface area (Å²) in [6.45, 7) is 2.93. The molecule has 0 saturated carbocycles. The van der Waals surface area contributed by atoms with Crippen molar-refractivity contribution in [3.8, 4) is 0 Å². The molecule has 0 bridgehead atoms. The molecule has 0 saturated heterocycles. The van der Waals surface area contributed by atoms with Crippen LogP contribution in [0.4, 0.5) is 22.0 Å². The number of alkyl halides is 5. The highest BCUT2D eigenvalue weighted by Crippen LogP contribution is 2.35. The van der Waals surface area contributed by atoms with Crippen LogP contribution in [0.5, 0.6) is 0 Å². The van der Waals surface area contributed by atoms with Gasteiger partial charge in [0.15, 0.2) is 0 Å². The van der Waals surface area contributed by atoms with Crippen molar-refractivity contribution in [2.24, 2.45) is 5.92 Å². The van der Waals surface area contributed by atoms with Crippen LogP contribution in [0, 0.1) is 5.92 Å². The molecule has 0 rings (SSSR count). The molecule has 12 heavy (non-hydrogen) atoms. The van der Waals surface area contributed by atoms with Gasteiger partial charge in [-0.1, -0.05) is 13.8 Å². The van der Waals surface area contributed by atoms with Crippen molar-refractivity contribution in [1.29, 1.82) is 0 Å². The maximum absolute atomic E-state index is 12.5. The van der Waals surface area contributed by atoms with Crippen molar-refractivity contribution in [2.45, 2.75) is 38.8 Å². The van der Waals surface area contributed by atoms with Gasteiger partial charge in [0.2, 0.25) is 0 Å². The first-order valence-electron chi connectivity index (χ1n) is 3.57. The maximum Gasteiger partial charge on any atom is 0.394 e. The first-order valence-corrected chi connectivity index (χ1v) is 3.57. The molecule has 74 valence electrons. The lowest BCUT2D eigenvalue weighted by Gasteiger charge is -2.19. The third-order valence-electron chi connectivity index (χ3n) is 1.17. The van der Waals surface area contributed by atoms with Crippen molar-refractivity contribution < 1.29 is 22.0 Å². The molecule has 0 radical (unpaired) electrons. The Morgan fingerprint density at radius 3 is 1.67 bits per heavy atom. The Morgan fingerprint density at radius 1 is 1.00 bits per heavy atom. The average Bonchev–Trinajstić information content (AvgIpc) is 1.48. The van der Waals surface area contributed by atoms with E-state index in [9.17, 15) is 22.0 Å². The fraction of sp³-hybridized carbons (Fsp3) is 1.00. The van der Waals surface area contributed by atoms with E-state index in [-0.39, 0.29) is 0 Å². The standard InChI is InChI=1S/C7H11F5/c1-5(2)3-6(8,9)4-7(10,11)12/h5H,3-4H2,1-2H3. The van der Waals surface area contributed by atoms with Gasteiger partial charge in [0.1, 0.15) is 6.42 Å². The summed E-state index contributed by atoms with van der Waals surface area (Å²) in [5, 5.41) is 0. The van der Waals surface area contributed by atoms with Gasteiger partial charge in [-0.05, 0) is 5.92 Å². The molecule has 0 aliphatic carbocycles. The summed E-state index contributed by atoms with van der Waals surface area (Å²) in [7, 11) is 0. The molecule has 5 heteroatoms. The zero-order valence-electron chi connectivity index (χ0n) is 6.88. The van der Waals surface area contributed by atoms with E-state index in [4.69, 9.17) is 0 Å². The van der Waals surface area contributed by atoms with Crippen molar-refractivity contribution >= 4 is 0 Å². The number of hydrogen-bond donors (Lipinski definition) is 0. The Morgan fingerprint density at radius 2 is 1.42 bits per heavy atom. The zero-order chi connectivity index (χ0) is 9.99. The van der Waals surface area contributed by atoms with Crippen LogP contribution in [0.15, 0.2) is 0 Å². The Kier molecular flexibility index (Phi) is 3.47. The van der Waals surface area contributed by atoms with Crippen LogP contribution >= 0.6 is 0 Å². The van der Waals surface area contributed by atoms with Crippen LogP contribution < -0.4 is 0 Å². The van der Waals surface area contributed by atoms with Crippen molar-refractivity contribution in [3.05, 3.63) is 0 Å². The van der Waals surface area contributed by atoms with Crippen LogP contribution in [0.1, 0.15) is 26.7 Å². The quantitative estimate of drug-likeness (QED) is 0.596. The highest BCUT2D eigenvalue weighted by atomic mass is 19.4. The minimum atomic E-state index is -4.78. The van der Waals surface area contributed by atoms with Crippen LogP contribution in [0.25, 0.3) is 0 Å². The second-order valence-electron chi connectivity index (χ2n) is 3.25. The summed E-state index contributed by atoms with van der Waals surface area (Å²) in [6.07, 6.45) is -7.51. The first kappa shape index (κ1) is 11.6. The second-order valence-corrected chi connectivity index (χ2v) is 3.25. The Balaban J connectivity index is 4.04. The van der Waals surface area contributed by atoms with Gasteiger partial charge >= 0.3 is 6.18 Å². The highest BCUT2D eigenvalue weighted by molar-refractivity contribution is 4.72. The molecule has 0 amide bonds. The molecule has 0 N–H and O–H groups in total. The molecule has 0 aromatic carbocycles. The van der Waals surface area contributed by atoms with Crippen LogP contribution in [-0.4, -0.2) is 12.1 Å². The Labute approximate surface area is 67.8 Å². The molecule has 0 atom stereocenters. The third-order valence-corrected chi connectivity index (χ3v) is 1.17. The Hall–Kier alpha value is -0.350. The number of halogens is 5. The zero-order valence-corrected chi connectivity index (χ0v) is 6.88. The lowest BCUT2D eigenvalue weighted by Crippen LogP contribution is -2.27. The van der Waals surface area contributed by atoms with Crippen molar-refractivity contribution in [1.82, 2.24) is 0 Å². The van der Waals surface area contributed by atoms with Crippen LogP contribution in [-0.2, 0) is 0 Å². The molecule has 0 aliphatic rings. The molecular weight excluding hydrogens is 179 g/mol. The molecule has 0 nitrogen and oxygen atoms in total. The second kappa shape index (κ2) is 3.58. The average molecular weight is 190 g/mol. The van der Waals surface area contributed by atoms with Crippen molar-refractivity contribution in [3.63, 3.8) is 0 Å². The van der Waals surface area contributed by atoms with E-state index < -0.39 is 30.9 Å². The monoisotopic (exact) mass is 190 g/mol. The van der Waals surface area contributed by atoms with E-state index in [0.29, 0.717) is 0 Å². The molecule has 0 heterocycles. The van der Waals surface area contributed by atoms with Gasteiger partial charge in [0, 0.05) is 6.42 Å².